The molecule has 1 unspecified atom stereocenters. The van der Waals surface area contributed by atoms with E-state index < -0.39 is 0 Å². The van der Waals surface area contributed by atoms with Crippen molar-refractivity contribution in [1.82, 2.24) is 0 Å². The van der Waals surface area contributed by atoms with Gasteiger partial charge < -0.3 is 0 Å². The highest BCUT2D eigenvalue weighted by molar-refractivity contribution is 5.79. The monoisotopic (exact) mass is 149 g/mol. The Kier molecular flexibility index (Phi) is 2.28. The van der Waals surface area contributed by atoms with Gasteiger partial charge in [-0.15, -0.1) is 0 Å². The molecule has 0 fully saturated rings. The van der Waals surface area contributed by atoms with E-state index in [1.807, 2.05) is 6.21 Å². The lowest BCUT2D eigenvalue weighted by Gasteiger charge is -2.06. The highest BCUT2D eigenvalue weighted by atomic mass is 14.7. The molecular formula is C10H15N. The lowest BCUT2D eigenvalue weighted by Crippen LogP contribution is -1.92. The van der Waals surface area contributed by atoms with E-state index in [0.717, 1.165) is 5.70 Å². The molecule has 1 nitrogen and oxygen atoms in total. The molecule has 0 N–H and O–H groups in total. The van der Waals surface area contributed by atoms with Gasteiger partial charge in [0.05, 0.1) is 0 Å². The largest absolute Gasteiger partial charge is 0.261 e. The maximum Gasteiger partial charge on any atom is 0.0367 e. The van der Waals surface area contributed by atoms with E-state index in [1.165, 1.54) is 11.1 Å². The number of hydrogen-bond donors (Lipinski definition) is 0. The second-order valence-corrected chi connectivity index (χ2v) is 3.23. The van der Waals surface area contributed by atoms with Crippen LogP contribution in [-0.2, 0) is 0 Å². The van der Waals surface area contributed by atoms with Crippen molar-refractivity contribution >= 4 is 6.21 Å². The molecule has 1 heterocycles. The minimum atomic E-state index is 0.539. The number of rotatable bonds is 0. The number of allylic oxidation sites excluding steroid dienone is 4. The molecule has 1 atom stereocenters. The molecule has 0 aromatic rings. The van der Waals surface area contributed by atoms with E-state index in [-0.39, 0.29) is 0 Å². The SMILES string of the molecule is CC1=CC(C)C(C)=C(C)N=C1. The minimum absolute atomic E-state index is 0.539. The maximum atomic E-state index is 4.32. The normalized spacial score (nSPS) is 25.1. The zero-order valence-corrected chi connectivity index (χ0v) is 7.68. The van der Waals surface area contributed by atoms with Crippen LogP contribution in [-0.4, -0.2) is 6.21 Å². The molecule has 0 spiro atoms. The van der Waals surface area contributed by atoms with E-state index in [9.17, 15) is 0 Å². The van der Waals surface area contributed by atoms with Gasteiger partial charge in [-0.05, 0) is 37.8 Å². The molecule has 0 bridgehead atoms. The Labute approximate surface area is 68.5 Å². The van der Waals surface area contributed by atoms with E-state index in [1.54, 1.807) is 0 Å². The molecule has 1 heteroatoms. The van der Waals surface area contributed by atoms with Gasteiger partial charge in [0, 0.05) is 11.9 Å². The van der Waals surface area contributed by atoms with Crippen LogP contribution in [0, 0.1) is 5.92 Å². The molecule has 60 valence electrons. The summed E-state index contributed by atoms with van der Waals surface area (Å²) in [4.78, 5) is 4.32. The Bertz CT molecular complexity index is 244. The summed E-state index contributed by atoms with van der Waals surface area (Å²) in [6, 6.07) is 0. The van der Waals surface area contributed by atoms with Gasteiger partial charge in [0.2, 0.25) is 0 Å². The summed E-state index contributed by atoms with van der Waals surface area (Å²) in [5, 5.41) is 0. The Morgan fingerprint density at radius 2 is 1.91 bits per heavy atom. The second-order valence-electron chi connectivity index (χ2n) is 3.23. The van der Waals surface area contributed by atoms with Gasteiger partial charge in [0.1, 0.15) is 0 Å². The van der Waals surface area contributed by atoms with Crippen molar-refractivity contribution in [2.45, 2.75) is 27.7 Å². The fourth-order valence-corrected chi connectivity index (χ4v) is 1.19. The van der Waals surface area contributed by atoms with Crippen molar-refractivity contribution in [2.24, 2.45) is 10.9 Å². The number of hydrogen-bond acceptors (Lipinski definition) is 1. The van der Waals surface area contributed by atoms with Crippen LogP contribution < -0.4 is 0 Å². The van der Waals surface area contributed by atoms with Crippen molar-refractivity contribution in [3.63, 3.8) is 0 Å². The van der Waals surface area contributed by atoms with Gasteiger partial charge in [-0.2, -0.15) is 0 Å². The Morgan fingerprint density at radius 3 is 2.55 bits per heavy atom. The summed E-state index contributed by atoms with van der Waals surface area (Å²) in [5.41, 5.74) is 3.79. The fourth-order valence-electron chi connectivity index (χ4n) is 1.19. The molecule has 0 aliphatic carbocycles. The van der Waals surface area contributed by atoms with Crippen molar-refractivity contribution in [2.75, 3.05) is 0 Å². The molecule has 0 radical (unpaired) electrons. The number of nitrogens with zero attached hydrogens (tertiary/aromatic N) is 1. The van der Waals surface area contributed by atoms with E-state index in [4.69, 9.17) is 0 Å². The van der Waals surface area contributed by atoms with Crippen LogP contribution in [0.15, 0.2) is 27.9 Å². The predicted octanol–water partition coefficient (Wildman–Crippen LogP) is 2.95. The summed E-state index contributed by atoms with van der Waals surface area (Å²) in [5.74, 6) is 0.539. The maximum absolute atomic E-state index is 4.32. The Morgan fingerprint density at radius 1 is 1.27 bits per heavy atom. The molecule has 11 heavy (non-hydrogen) atoms. The molecule has 1 rings (SSSR count). The Hall–Kier alpha value is -0.850. The number of aliphatic imine (C=N–C) groups is 1. The van der Waals surface area contributed by atoms with Crippen molar-refractivity contribution in [3.05, 3.63) is 22.9 Å². The second kappa shape index (κ2) is 3.04. The predicted molar refractivity (Wildman–Crippen MR) is 49.8 cm³/mol. The van der Waals surface area contributed by atoms with E-state index >= 15 is 0 Å². The first-order valence-corrected chi connectivity index (χ1v) is 4.01. The summed E-state index contributed by atoms with van der Waals surface area (Å²) >= 11 is 0. The highest BCUT2D eigenvalue weighted by Gasteiger charge is 2.06. The molecule has 0 saturated carbocycles. The first-order chi connectivity index (χ1) is 5.11. The summed E-state index contributed by atoms with van der Waals surface area (Å²) in [6.07, 6.45) is 4.18. The van der Waals surface area contributed by atoms with Crippen LogP contribution in [0.2, 0.25) is 0 Å². The third kappa shape index (κ3) is 1.79. The smallest absolute Gasteiger partial charge is 0.0367 e. The van der Waals surface area contributed by atoms with Gasteiger partial charge in [-0.1, -0.05) is 13.0 Å². The van der Waals surface area contributed by atoms with Crippen LogP contribution in [0.3, 0.4) is 0 Å². The van der Waals surface area contributed by atoms with Gasteiger partial charge in [-0.25, -0.2) is 0 Å². The van der Waals surface area contributed by atoms with Crippen molar-refractivity contribution < 1.29 is 0 Å². The van der Waals surface area contributed by atoms with Gasteiger partial charge in [0.25, 0.3) is 0 Å². The highest BCUT2D eigenvalue weighted by Crippen LogP contribution is 2.20. The standard InChI is InChI=1S/C10H15N/c1-7-5-8(2)9(3)10(4)11-6-7/h5-6,8H,1-4H3. The summed E-state index contributed by atoms with van der Waals surface area (Å²) in [6.45, 7) is 8.50. The lowest BCUT2D eigenvalue weighted by atomic mass is 10.00. The summed E-state index contributed by atoms with van der Waals surface area (Å²) in [7, 11) is 0. The minimum Gasteiger partial charge on any atom is -0.261 e. The fraction of sp³-hybridized carbons (Fsp3) is 0.500. The topological polar surface area (TPSA) is 12.4 Å². The molecule has 0 saturated heterocycles. The molecule has 1 aliphatic rings. The quantitative estimate of drug-likeness (QED) is 0.502. The first kappa shape index (κ1) is 8.25. The first-order valence-electron chi connectivity index (χ1n) is 4.01. The van der Waals surface area contributed by atoms with E-state index in [0.29, 0.717) is 5.92 Å². The average molecular weight is 149 g/mol. The molecule has 0 aromatic heterocycles. The van der Waals surface area contributed by atoms with E-state index in [2.05, 4.69) is 38.8 Å². The third-order valence-electron chi connectivity index (χ3n) is 2.23. The average Bonchev–Trinajstić information content (AvgIpc) is 2.05. The molecular weight excluding hydrogens is 134 g/mol. The van der Waals surface area contributed by atoms with Gasteiger partial charge in [0.15, 0.2) is 0 Å². The van der Waals surface area contributed by atoms with Crippen molar-refractivity contribution in [3.8, 4) is 0 Å². The van der Waals surface area contributed by atoms with Crippen LogP contribution in [0.4, 0.5) is 0 Å². The van der Waals surface area contributed by atoms with Crippen LogP contribution in [0.1, 0.15) is 27.7 Å². The van der Waals surface area contributed by atoms with Gasteiger partial charge >= 0.3 is 0 Å². The zero-order valence-electron chi connectivity index (χ0n) is 7.68. The van der Waals surface area contributed by atoms with Crippen LogP contribution in [0.5, 0.6) is 0 Å². The Balaban J connectivity index is 3.02. The van der Waals surface area contributed by atoms with Crippen LogP contribution in [0.25, 0.3) is 0 Å². The summed E-state index contributed by atoms with van der Waals surface area (Å²) < 4.78 is 0. The zero-order chi connectivity index (χ0) is 8.43. The van der Waals surface area contributed by atoms with Gasteiger partial charge in [-0.3, -0.25) is 4.99 Å². The molecule has 0 amide bonds. The molecule has 0 aromatic carbocycles. The molecule has 1 aliphatic heterocycles. The van der Waals surface area contributed by atoms with Crippen LogP contribution >= 0.6 is 0 Å². The third-order valence-corrected chi connectivity index (χ3v) is 2.23. The lowest BCUT2D eigenvalue weighted by molar-refractivity contribution is 0.841. The van der Waals surface area contributed by atoms with Crippen molar-refractivity contribution in [1.29, 1.82) is 0 Å².